The molecule has 2 rings (SSSR count). The van der Waals surface area contributed by atoms with Gasteiger partial charge in [0.15, 0.2) is 0 Å². The minimum absolute atomic E-state index is 0.722. The zero-order valence-corrected chi connectivity index (χ0v) is 8.96. The molecule has 1 saturated carbocycles. The number of rotatable bonds is 3. The average Bonchev–Trinajstić information content (AvgIpc) is 2.12. The molecule has 0 atom stereocenters. The lowest BCUT2D eigenvalue weighted by Gasteiger charge is -2.27. The van der Waals surface area contributed by atoms with Gasteiger partial charge in [-0.25, -0.2) is 0 Å². The van der Waals surface area contributed by atoms with Crippen LogP contribution in [0.25, 0.3) is 0 Å². The molecule has 2 heteroatoms. The van der Waals surface area contributed by atoms with Crippen LogP contribution in [-0.2, 0) is 0 Å². The number of nitrogens with zero attached hydrogens (tertiary/aromatic N) is 1. The van der Waals surface area contributed by atoms with Crippen molar-refractivity contribution in [2.24, 2.45) is 0 Å². The van der Waals surface area contributed by atoms with Gasteiger partial charge in [-0.15, -0.1) is 0 Å². The van der Waals surface area contributed by atoms with Crippen LogP contribution in [0.4, 0.5) is 11.4 Å². The normalized spacial score (nSPS) is 16.1. The first-order valence-corrected chi connectivity index (χ1v) is 5.29. The van der Waals surface area contributed by atoms with Crippen molar-refractivity contribution in [1.29, 1.82) is 0 Å². The first-order valence-electron chi connectivity index (χ1n) is 5.29. The third-order valence-corrected chi connectivity index (χ3v) is 2.86. The van der Waals surface area contributed by atoms with Crippen LogP contribution in [0, 0.1) is 0 Å². The van der Waals surface area contributed by atoms with Crippen LogP contribution >= 0.6 is 0 Å². The molecular weight excluding hydrogens is 172 g/mol. The Morgan fingerprint density at radius 1 is 1.14 bits per heavy atom. The average molecular weight is 190 g/mol. The Balaban J connectivity index is 1.98. The largest absolute Gasteiger partial charge is 0.382 e. The molecule has 0 saturated heterocycles. The van der Waals surface area contributed by atoms with Crippen LogP contribution in [0.2, 0.25) is 0 Å². The van der Waals surface area contributed by atoms with Crippen molar-refractivity contribution in [1.82, 2.24) is 0 Å². The lowest BCUT2D eigenvalue weighted by Crippen LogP contribution is -2.26. The fourth-order valence-electron chi connectivity index (χ4n) is 1.64. The SMILES string of the molecule is CN(C)c1ccc(NC2CCC2)cc1. The molecule has 0 radical (unpaired) electrons. The highest BCUT2D eigenvalue weighted by Gasteiger charge is 2.16. The Labute approximate surface area is 85.9 Å². The van der Waals surface area contributed by atoms with E-state index in [1.165, 1.54) is 30.6 Å². The zero-order chi connectivity index (χ0) is 9.97. The van der Waals surface area contributed by atoms with Crippen LogP contribution in [0.3, 0.4) is 0 Å². The van der Waals surface area contributed by atoms with Crippen LogP contribution < -0.4 is 10.2 Å². The van der Waals surface area contributed by atoms with E-state index in [2.05, 4.69) is 48.6 Å². The van der Waals surface area contributed by atoms with Gasteiger partial charge >= 0.3 is 0 Å². The molecule has 0 spiro atoms. The monoisotopic (exact) mass is 190 g/mol. The van der Waals surface area contributed by atoms with E-state index in [0.717, 1.165) is 6.04 Å². The molecule has 0 unspecified atom stereocenters. The topological polar surface area (TPSA) is 15.3 Å². The van der Waals surface area contributed by atoms with E-state index in [-0.39, 0.29) is 0 Å². The van der Waals surface area contributed by atoms with Crippen molar-refractivity contribution in [3.8, 4) is 0 Å². The molecule has 0 amide bonds. The van der Waals surface area contributed by atoms with E-state index in [1.54, 1.807) is 0 Å². The van der Waals surface area contributed by atoms with Gasteiger partial charge in [0.1, 0.15) is 0 Å². The maximum absolute atomic E-state index is 3.53. The molecule has 14 heavy (non-hydrogen) atoms. The van der Waals surface area contributed by atoms with E-state index in [9.17, 15) is 0 Å². The van der Waals surface area contributed by atoms with Crippen molar-refractivity contribution in [3.05, 3.63) is 24.3 Å². The summed E-state index contributed by atoms with van der Waals surface area (Å²) < 4.78 is 0. The molecule has 0 heterocycles. The quantitative estimate of drug-likeness (QED) is 0.788. The fourth-order valence-corrected chi connectivity index (χ4v) is 1.64. The van der Waals surface area contributed by atoms with Crippen molar-refractivity contribution < 1.29 is 0 Å². The molecule has 1 aliphatic rings. The summed E-state index contributed by atoms with van der Waals surface area (Å²) in [6, 6.07) is 9.35. The summed E-state index contributed by atoms with van der Waals surface area (Å²) in [4.78, 5) is 2.12. The van der Waals surface area contributed by atoms with Crippen molar-refractivity contribution >= 4 is 11.4 Å². The summed E-state index contributed by atoms with van der Waals surface area (Å²) in [6.07, 6.45) is 4.04. The van der Waals surface area contributed by atoms with Crippen molar-refractivity contribution in [2.75, 3.05) is 24.3 Å². The maximum Gasteiger partial charge on any atom is 0.0362 e. The van der Waals surface area contributed by atoms with E-state index < -0.39 is 0 Å². The van der Waals surface area contributed by atoms with Crippen LogP contribution in [0.15, 0.2) is 24.3 Å². The first kappa shape index (κ1) is 9.38. The van der Waals surface area contributed by atoms with Gasteiger partial charge in [0.25, 0.3) is 0 Å². The van der Waals surface area contributed by atoms with Crippen molar-refractivity contribution in [2.45, 2.75) is 25.3 Å². The number of hydrogen-bond acceptors (Lipinski definition) is 2. The Bertz CT molecular complexity index is 286. The Hall–Kier alpha value is -1.18. The van der Waals surface area contributed by atoms with Gasteiger partial charge in [-0.05, 0) is 43.5 Å². The summed E-state index contributed by atoms with van der Waals surface area (Å²) >= 11 is 0. The minimum Gasteiger partial charge on any atom is -0.382 e. The summed E-state index contributed by atoms with van der Waals surface area (Å²) in [5.74, 6) is 0. The second kappa shape index (κ2) is 3.91. The van der Waals surface area contributed by atoms with Gasteiger partial charge in [0.05, 0.1) is 0 Å². The highest BCUT2D eigenvalue weighted by atomic mass is 15.1. The predicted molar refractivity (Wildman–Crippen MR) is 62.0 cm³/mol. The van der Waals surface area contributed by atoms with Gasteiger partial charge in [-0.2, -0.15) is 0 Å². The van der Waals surface area contributed by atoms with Crippen molar-refractivity contribution in [3.63, 3.8) is 0 Å². The molecule has 2 nitrogen and oxygen atoms in total. The Morgan fingerprint density at radius 2 is 1.79 bits per heavy atom. The van der Waals surface area contributed by atoms with E-state index in [4.69, 9.17) is 0 Å². The molecule has 1 fully saturated rings. The van der Waals surface area contributed by atoms with Gasteiger partial charge in [0.2, 0.25) is 0 Å². The number of nitrogens with one attached hydrogen (secondary N) is 1. The van der Waals surface area contributed by atoms with Crippen LogP contribution in [-0.4, -0.2) is 20.1 Å². The highest BCUT2D eigenvalue weighted by Crippen LogP contribution is 2.24. The van der Waals surface area contributed by atoms with Gasteiger partial charge in [-0.3, -0.25) is 0 Å². The summed E-state index contributed by atoms with van der Waals surface area (Å²) in [6.45, 7) is 0. The van der Waals surface area contributed by atoms with Crippen LogP contribution in [0.5, 0.6) is 0 Å². The summed E-state index contributed by atoms with van der Waals surface area (Å²) in [5.41, 5.74) is 2.50. The first-order chi connectivity index (χ1) is 6.75. The highest BCUT2D eigenvalue weighted by molar-refractivity contribution is 5.54. The van der Waals surface area contributed by atoms with Gasteiger partial charge in [-0.1, -0.05) is 0 Å². The fraction of sp³-hybridized carbons (Fsp3) is 0.500. The molecule has 0 aliphatic heterocycles. The molecule has 0 aromatic heterocycles. The smallest absolute Gasteiger partial charge is 0.0362 e. The molecule has 1 aliphatic carbocycles. The Kier molecular flexibility index (Phi) is 2.62. The summed E-state index contributed by atoms with van der Waals surface area (Å²) in [7, 11) is 4.13. The molecule has 1 N–H and O–H groups in total. The second-order valence-electron chi connectivity index (χ2n) is 4.21. The van der Waals surface area contributed by atoms with E-state index >= 15 is 0 Å². The number of benzene rings is 1. The summed E-state index contributed by atoms with van der Waals surface area (Å²) in [5, 5.41) is 3.53. The predicted octanol–water partition coefficient (Wildman–Crippen LogP) is 2.72. The minimum atomic E-state index is 0.722. The van der Waals surface area contributed by atoms with Crippen LogP contribution in [0.1, 0.15) is 19.3 Å². The second-order valence-corrected chi connectivity index (χ2v) is 4.21. The Morgan fingerprint density at radius 3 is 2.21 bits per heavy atom. The van der Waals surface area contributed by atoms with Gasteiger partial charge in [0, 0.05) is 31.5 Å². The lowest BCUT2D eigenvalue weighted by atomic mass is 9.93. The third kappa shape index (κ3) is 2.00. The zero-order valence-electron chi connectivity index (χ0n) is 8.96. The molecule has 0 bridgehead atoms. The molecule has 1 aromatic rings. The third-order valence-electron chi connectivity index (χ3n) is 2.86. The van der Waals surface area contributed by atoms with E-state index in [1.807, 2.05) is 0 Å². The van der Waals surface area contributed by atoms with Gasteiger partial charge < -0.3 is 10.2 Å². The molecular formula is C12H18N2. The number of anilines is 2. The standard InChI is InChI=1S/C12H18N2/c1-14(2)12-8-6-11(7-9-12)13-10-4-3-5-10/h6-10,13H,3-5H2,1-2H3. The number of hydrogen-bond donors (Lipinski definition) is 1. The lowest BCUT2D eigenvalue weighted by molar-refractivity contribution is 0.445. The molecule has 1 aromatic carbocycles. The molecule has 76 valence electrons. The maximum atomic E-state index is 3.53. The van der Waals surface area contributed by atoms with E-state index in [0.29, 0.717) is 0 Å².